The molecule has 0 fully saturated rings. The van der Waals surface area contributed by atoms with Gasteiger partial charge in [0.05, 0.1) is 13.2 Å². The minimum Gasteiger partial charge on any atom is -0.504 e. The predicted molar refractivity (Wildman–Crippen MR) is 135 cm³/mol. The second-order valence-electron chi connectivity index (χ2n) is 7.86. The van der Waals surface area contributed by atoms with Gasteiger partial charge in [0.2, 0.25) is 0 Å². The molecule has 1 rings (SSSR count). The first-order valence-electron chi connectivity index (χ1n) is 11.8. The summed E-state index contributed by atoms with van der Waals surface area (Å²) >= 11 is 0. The summed E-state index contributed by atoms with van der Waals surface area (Å²) in [7, 11) is 1.47. The van der Waals surface area contributed by atoms with E-state index < -0.39 is 6.04 Å². The maximum atomic E-state index is 12.3. The standard InChI is InChI=1S/C28H41NO3/c1-3-4-5-6-7-8-9-10-11-12-13-14-15-16-17-18-19-20-26(31)28(29)24-21-22-25(30)27(23-24)32-2/h7-8,10-11,13-14,16-17,21-23,28,30H,3-6,9,12,15,18-20,29H2,1-2H3/b8-7-,11-10-,14-13-,17-16-. The molecule has 0 saturated carbocycles. The van der Waals surface area contributed by atoms with Gasteiger partial charge in [0, 0.05) is 6.42 Å². The number of aromatic hydroxyl groups is 1. The van der Waals surface area contributed by atoms with Crippen molar-refractivity contribution in [1.82, 2.24) is 0 Å². The average molecular weight is 440 g/mol. The number of Topliss-reactive ketones (excluding diaryl/α,β-unsaturated/α-hetero) is 1. The van der Waals surface area contributed by atoms with Crippen LogP contribution in [0, 0.1) is 0 Å². The van der Waals surface area contributed by atoms with Crippen LogP contribution in [0.1, 0.15) is 82.7 Å². The maximum Gasteiger partial charge on any atom is 0.160 e. The molecule has 0 aliphatic heterocycles. The SMILES string of the molecule is CCCCC/C=C\C/C=C\C/C=C\C/C=C\CCCC(=O)C(N)c1ccc(O)c(OC)c1. The minimum absolute atomic E-state index is 0.00590. The van der Waals surface area contributed by atoms with Crippen molar-refractivity contribution in [3.8, 4) is 11.5 Å². The van der Waals surface area contributed by atoms with Crippen LogP contribution in [-0.2, 0) is 4.79 Å². The number of allylic oxidation sites excluding steroid dienone is 8. The fourth-order valence-corrected chi connectivity index (χ4v) is 3.18. The highest BCUT2D eigenvalue weighted by Gasteiger charge is 2.16. The van der Waals surface area contributed by atoms with E-state index in [-0.39, 0.29) is 11.5 Å². The summed E-state index contributed by atoms with van der Waals surface area (Å²) in [5.41, 5.74) is 6.72. The van der Waals surface area contributed by atoms with Crippen molar-refractivity contribution in [1.29, 1.82) is 0 Å². The molecule has 0 aliphatic rings. The van der Waals surface area contributed by atoms with Gasteiger partial charge < -0.3 is 15.6 Å². The number of hydrogen-bond acceptors (Lipinski definition) is 4. The smallest absolute Gasteiger partial charge is 0.160 e. The zero-order valence-electron chi connectivity index (χ0n) is 19.8. The molecule has 3 N–H and O–H groups in total. The van der Waals surface area contributed by atoms with Crippen LogP contribution in [0.25, 0.3) is 0 Å². The van der Waals surface area contributed by atoms with E-state index in [0.717, 1.165) is 32.1 Å². The number of ether oxygens (including phenoxy) is 1. The molecule has 0 aliphatic carbocycles. The molecule has 1 aromatic rings. The maximum absolute atomic E-state index is 12.3. The molecule has 0 saturated heterocycles. The number of hydrogen-bond donors (Lipinski definition) is 2. The van der Waals surface area contributed by atoms with Gasteiger partial charge in [-0.3, -0.25) is 4.79 Å². The third-order valence-corrected chi connectivity index (χ3v) is 5.16. The summed E-state index contributed by atoms with van der Waals surface area (Å²) in [4.78, 5) is 12.3. The van der Waals surface area contributed by atoms with E-state index in [9.17, 15) is 9.90 Å². The summed E-state index contributed by atoms with van der Waals surface area (Å²) in [5.74, 6) is 0.358. The fourth-order valence-electron chi connectivity index (χ4n) is 3.18. The molecular formula is C28H41NO3. The molecule has 4 heteroatoms. The molecule has 0 heterocycles. The number of nitrogens with two attached hydrogens (primary N) is 1. The lowest BCUT2D eigenvalue weighted by Gasteiger charge is -2.12. The van der Waals surface area contributed by atoms with Crippen LogP contribution in [0.5, 0.6) is 11.5 Å². The summed E-state index contributed by atoms with van der Waals surface area (Å²) in [5, 5.41) is 9.65. The summed E-state index contributed by atoms with van der Waals surface area (Å²) < 4.78 is 5.07. The van der Waals surface area contributed by atoms with Crippen LogP contribution in [0.3, 0.4) is 0 Å². The molecular weight excluding hydrogens is 398 g/mol. The quantitative estimate of drug-likeness (QED) is 0.200. The summed E-state index contributed by atoms with van der Waals surface area (Å²) in [6.07, 6.45) is 27.6. The van der Waals surface area contributed by atoms with E-state index in [0.29, 0.717) is 17.7 Å². The second-order valence-corrected chi connectivity index (χ2v) is 7.86. The van der Waals surface area contributed by atoms with E-state index in [1.54, 1.807) is 12.1 Å². The predicted octanol–water partition coefficient (Wildman–Crippen LogP) is 7.12. The highest BCUT2D eigenvalue weighted by atomic mass is 16.5. The molecule has 0 aromatic heterocycles. The molecule has 1 atom stereocenters. The molecule has 4 nitrogen and oxygen atoms in total. The molecule has 0 spiro atoms. The van der Waals surface area contributed by atoms with Gasteiger partial charge in [-0.25, -0.2) is 0 Å². The Balaban J connectivity index is 2.13. The normalized spacial score (nSPS) is 13.1. The Bertz CT molecular complexity index is 762. The van der Waals surface area contributed by atoms with Gasteiger partial charge in [0.1, 0.15) is 0 Å². The highest BCUT2D eigenvalue weighted by Crippen LogP contribution is 2.29. The lowest BCUT2D eigenvalue weighted by Crippen LogP contribution is -2.21. The van der Waals surface area contributed by atoms with E-state index in [1.165, 1.54) is 38.9 Å². The van der Waals surface area contributed by atoms with Gasteiger partial charge >= 0.3 is 0 Å². The zero-order chi connectivity index (χ0) is 23.4. The third-order valence-electron chi connectivity index (χ3n) is 5.16. The van der Waals surface area contributed by atoms with Crippen LogP contribution < -0.4 is 10.5 Å². The first-order valence-corrected chi connectivity index (χ1v) is 11.8. The number of phenols is 1. The number of carbonyl (C=O) groups excluding carboxylic acids is 1. The van der Waals surface area contributed by atoms with Gasteiger partial charge in [-0.2, -0.15) is 0 Å². The van der Waals surface area contributed by atoms with Gasteiger partial charge in [-0.15, -0.1) is 0 Å². The number of unbranched alkanes of at least 4 members (excludes halogenated alkanes) is 4. The van der Waals surface area contributed by atoms with Crippen LogP contribution in [0.4, 0.5) is 0 Å². The Labute approximate surface area is 194 Å². The lowest BCUT2D eigenvalue weighted by atomic mass is 9.99. The topological polar surface area (TPSA) is 72.6 Å². The Morgan fingerprint density at radius 3 is 2.06 bits per heavy atom. The number of benzene rings is 1. The van der Waals surface area contributed by atoms with Crippen molar-refractivity contribution in [2.45, 2.75) is 77.2 Å². The van der Waals surface area contributed by atoms with Crippen molar-refractivity contribution < 1.29 is 14.6 Å². The minimum atomic E-state index is -0.694. The van der Waals surface area contributed by atoms with E-state index in [1.807, 2.05) is 0 Å². The molecule has 1 aromatic carbocycles. The Kier molecular flexibility index (Phi) is 15.5. The van der Waals surface area contributed by atoms with Crippen molar-refractivity contribution in [3.63, 3.8) is 0 Å². The van der Waals surface area contributed by atoms with Gasteiger partial charge in [-0.05, 0) is 62.6 Å². The Morgan fingerprint density at radius 1 is 0.938 bits per heavy atom. The van der Waals surface area contributed by atoms with E-state index in [4.69, 9.17) is 10.5 Å². The van der Waals surface area contributed by atoms with Gasteiger partial charge in [0.25, 0.3) is 0 Å². The number of methoxy groups -OCH3 is 1. The molecule has 32 heavy (non-hydrogen) atoms. The van der Waals surface area contributed by atoms with Crippen molar-refractivity contribution in [3.05, 3.63) is 72.4 Å². The third kappa shape index (κ3) is 12.3. The Hall–Kier alpha value is -2.59. The van der Waals surface area contributed by atoms with Crippen LogP contribution >= 0.6 is 0 Å². The van der Waals surface area contributed by atoms with E-state index in [2.05, 4.69) is 55.5 Å². The van der Waals surface area contributed by atoms with Gasteiger partial charge in [0.15, 0.2) is 17.3 Å². The van der Waals surface area contributed by atoms with Crippen LogP contribution in [0.15, 0.2) is 66.8 Å². The largest absolute Gasteiger partial charge is 0.504 e. The van der Waals surface area contributed by atoms with Crippen LogP contribution in [0.2, 0.25) is 0 Å². The zero-order valence-corrected chi connectivity index (χ0v) is 19.8. The number of rotatable bonds is 17. The summed E-state index contributed by atoms with van der Waals surface area (Å²) in [6, 6.07) is 4.08. The molecule has 0 radical (unpaired) electrons. The molecule has 0 amide bonds. The van der Waals surface area contributed by atoms with Crippen molar-refractivity contribution >= 4 is 5.78 Å². The monoisotopic (exact) mass is 439 g/mol. The van der Waals surface area contributed by atoms with Crippen molar-refractivity contribution in [2.24, 2.45) is 5.73 Å². The Morgan fingerprint density at radius 2 is 1.50 bits per heavy atom. The number of ketones is 1. The van der Waals surface area contributed by atoms with Gasteiger partial charge in [-0.1, -0.05) is 74.4 Å². The lowest BCUT2D eigenvalue weighted by molar-refractivity contribution is -0.120. The van der Waals surface area contributed by atoms with Crippen molar-refractivity contribution in [2.75, 3.05) is 7.11 Å². The number of phenolic OH excluding ortho intramolecular Hbond substituents is 1. The first-order chi connectivity index (χ1) is 15.6. The highest BCUT2D eigenvalue weighted by molar-refractivity contribution is 5.85. The van der Waals surface area contributed by atoms with Crippen LogP contribution in [-0.4, -0.2) is 18.0 Å². The van der Waals surface area contributed by atoms with E-state index >= 15 is 0 Å². The summed E-state index contributed by atoms with van der Waals surface area (Å²) in [6.45, 7) is 2.23. The number of carbonyl (C=O) groups is 1. The molecule has 176 valence electrons. The fraction of sp³-hybridized carbons (Fsp3) is 0.464. The first kappa shape index (κ1) is 27.4. The molecule has 0 bridgehead atoms. The molecule has 1 unspecified atom stereocenters. The second kappa shape index (κ2) is 18.0. The average Bonchev–Trinajstić information content (AvgIpc) is 2.80.